The lowest BCUT2D eigenvalue weighted by molar-refractivity contribution is 0.0188. The summed E-state index contributed by atoms with van der Waals surface area (Å²) in [5.41, 5.74) is 1.26. The molecule has 2 aromatic rings. The second-order valence-corrected chi connectivity index (χ2v) is 8.46. The number of carboxylic acids is 1. The van der Waals surface area contributed by atoms with Crippen LogP contribution < -0.4 is 5.32 Å². The molecule has 0 radical (unpaired) electrons. The molecule has 8 heteroatoms. The van der Waals surface area contributed by atoms with Crippen molar-refractivity contribution in [2.24, 2.45) is 5.92 Å². The molecular formula is C22H28N4O4. The number of carbonyl (C=O) groups excluding carboxylic acids is 1. The van der Waals surface area contributed by atoms with Gasteiger partial charge in [0.1, 0.15) is 11.4 Å². The Hall–Kier alpha value is -3.16. The fourth-order valence-corrected chi connectivity index (χ4v) is 3.25. The molecule has 1 amide bonds. The number of hydrogen-bond donors (Lipinski definition) is 2. The van der Waals surface area contributed by atoms with Crippen LogP contribution in [0.2, 0.25) is 0 Å². The number of anilines is 1. The molecule has 1 aliphatic heterocycles. The average molecular weight is 412 g/mol. The van der Waals surface area contributed by atoms with Crippen LogP contribution in [-0.2, 0) is 4.74 Å². The Morgan fingerprint density at radius 1 is 1.13 bits per heavy atom. The van der Waals surface area contributed by atoms with Gasteiger partial charge in [0, 0.05) is 25.2 Å². The molecule has 0 aliphatic carbocycles. The summed E-state index contributed by atoms with van der Waals surface area (Å²) in [5.74, 6) is 0.188. The summed E-state index contributed by atoms with van der Waals surface area (Å²) in [6.07, 6.45) is 4.92. The third-order valence-corrected chi connectivity index (χ3v) is 4.92. The largest absolute Gasteiger partial charge is 0.478 e. The van der Waals surface area contributed by atoms with Crippen LogP contribution in [0.5, 0.6) is 0 Å². The summed E-state index contributed by atoms with van der Waals surface area (Å²) in [5, 5.41) is 12.3. The van der Waals surface area contributed by atoms with E-state index in [2.05, 4.69) is 15.3 Å². The van der Waals surface area contributed by atoms with Crippen LogP contribution in [0.25, 0.3) is 11.3 Å². The van der Waals surface area contributed by atoms with E-state index < -0.39 is 11.6 Å². The summed E-state index contributed by atoms with van der Waals surface area (Å²) >= 11 is 0. The summed E-state index contributed by atoms with van der Waals surface area (Å²) in [6.45, 7) is 7.77. The van der Waals surface area contributed by atoms with Gasteiger partial charge in [-0.3, -0.25) is 4.98 Å². The zero-order chi connectivity index (χ0) is 21.7. The number of aromatic nitrogens is 2. The highest BCUT2D eigenvalue weighted by Gasteiger charge is 2.26. The van der Waals surface area contributed by atoms with E-state index in [0.29, 0.717) is 30.5 Å². The molecule has 1 aromatic heterocycles. The van der Waals surface area contributed by atoms with Crippen LogP contribution >= 0.6 is 0 Å². The first-order valence-corrected chi connectivity index (χ1v) is 10.1. The van der Waals surface area contributed by atoms with E-state index in [1.165, 1.54) is 0 Å². The zero-order valence-electron chi connectivity index (χ0n) is 17.6. The lowest BCUT2D eigenvalue weighted by atomic mass is 9.97. The van der Waals surface area contributed by atoms with Crippen molar-refractivity contribution >= 4 is 17.9 Å². The molecule has 3 rings (SSSR count). The van der Waals surface area contributed by atoms with Crippen molar-refractivity contribution in [2.45, 2.75) is 39.2 Å². The van der Waals surface area contributed by atoms with E-state index in [4.69, 9.17) is 9.84 Å². The molecule has 2 N–H and O–H groups in total. The molecular weight excluding hydrogens is 384 g/mol. The first-order chi connectivity index (χ1) is 14.2. The second-order valence-electron chi connectivity index (χ2n) is 8.46. The van der Waals surface area contributed by atoms with Crippen molar-refractivity contribution in [1.82, 2.24) is 14.9 Å². The number of aromatic carboxylic acids is 1. The van der Waals surface area contributed by atoms with E-state index in [1.54, 1.807) is 41.6 Å². The van der Waals surface area contributed by atoms with Gasteiger partial charge in [-0.25, -0.2) is 14.6 Å². The highest BCUT2D eigenvalue weighted by molar-refractivity contribution is 5.88. The number of carbonyl (C=O) groups is 2. The van der Waals surface area contributed by atoms with E-state index in [-0.39, 0.29) is 11.7 Å². The molecule has 0 bridgehead atoms. The van der Waals surface area contributed by atoms with Crippen LogP contribution in [0.1, 0.15) is 44.0 Å². The molecule has 1 fully saturated rings. The molecule has 2 heterocycles. The van der Waals surface area contributed by atoms with Crippen molar-refractivity contribution in [3.8, 4) is 11.3 Å². The van der Waals surface area contributed by atoms with Crippen LogP contribution in [-0.4, -0.2) is 57.3 Å². The Kier molecular flexibility index (Phi) is 6.54. The molecule has 0 saturated carbocycles. The van der Waals surface area contributed by atoms with Crippen molar-refractivity contribution in [3.63, 3.8) is 0 Å². The van der Waals surface area contributed by atoms with Crippen molar-refractivity contribution < 1.29 is 19.4 Å². The highest BCUT2D eigenvalue weighted by Crippen LogP contribution is 2.21. The molecule has 0 atom stereocenters. The second kappa shape index (κ2) is 9.11. The number of ether oxygens (including phenoxy) is 1. The van der Waals surface area contributed by atoms with Gasteiger partial charge in [0.15, 0.2) is 0 Å². The summed E-state index contributed by atoms with van der Waals surface area (Å²) < 4.78 is 5.43. The molecule has 30 heavy (non-hydrogen) atoms. The molecule has 160 valence electrons. The standard InChI is InChI=1S/C22H28N4O4/c1-22(2,3)30-21(29)26-10-8-15(9-11-26)12-24-19-14-23-18(13-25-19)16-4-6-17(7-5-16)20(27)28/h4-7,13-15H,8-12H2,1-3H3,(H,24,25)(H,27,28). The normalized spacial score (nSPS) is 15.0. The Labute approximate surface area is 176 Å². The molecule has 1 saturated heterocycles. The van der Waals surface area contributed by atoms with Gasteiger partial charge < -0.3 is 20.1 Å². The first kappa shape index (κ1) is 21.5. The van der Waals surface area contributed by atoms with E-state index in [0.717, 1.165) is 24.9 Å². The first-order valence-electron chi connectivity index (χ1n) is 10.1. The highest BCUT2D eigenvalue weighted by atomic mass is 16.6. The summed E-state index contributed by atoms with van der Waals surface area (Å²) in [6, 6.07) is 6.54. The summed E-state index contributed by atoms with van der Waals surface area (Å²) in [4.78, 5) is 33.7. The third-order valence-electron chi connectivity index (χ3n) is 4.92. The monoisotopic (exact) mass is 412 g/mol. The summed E-state index contributed by atoms with van der Waals surface area (Å²) in [7, 11) is 0. The molecule has 8 nitrogen and oxygen atoms in total. The van der Waals surface area contributed by atoms with E-state index in [9.17, 15) is 9.59 Å². The Morgan fingerprint density at radius 3 is 2.33 bits per heavy atom. The fourth-order valence-electron chi connectivity index (χ4n) is 3.25. The zero-order valence-corrected chi connectivity index (χ0v) is 17.6. The minimum Gasteiger partial charge on any atom is -0.478 e. The SMILES string of the molecule is CC(C)(C)OC(=O)N1CCC(CNc2cnc(-c3ccc(C(=O)O)cc3)cn2)CC1. The topological polar surface area (TPSA) is 105 Å². The van der Waals surface area contributed by atoms with Gasteiger partial charge in [-0.1, -0.05) is 12.1 Å². The van der Waals surface area contributed by atoms with E-state index in [1.807, 2.05) is 20.8 Å². The minimum atomic E-state index is -0.955. The smallest absolute Gasteiger partial charge is 0.410 e. The molecule has 1 aliphatic rings. The Bertz CT molecular complexity index is 868. The minimum absolute atomic E-state index is 0.239. The van der Waals surface area contributed by atoms with Crippen molar-refractivity contribution in [2.75, 3.05) is 25.0 Å². The maximum atomic E-state index is 12.1. The fraction of sp³-hybridized carbons (Fsp3) is 0.455. The Morgan fingerprint density at radius 2 is 1.80 bits per heavy atom. The quantitative estimate of drug-likeness (QED) is 0.767. The number of nitrogens with zero attached hydrogens (tertiary/aromatic N) is 3. The average Bonchev–Trinajstić information content (AvgIpc) is 2.72. The number of likely N-dealkylation sites (tertiary alicyclic amines) is 1. The van der Waals surface area contributed by atoms with Gasteiger partial charge in [0.25, 0.3) is 0 Å². The van der Waals surface area contributed by atoms with Crippen molar-refractivity contribution in [3.05, 3.63) is 42.2 Å². The van der Waals surface area contributed by atoms with Gasteiger partial charge in [0.2, 0.25) is 0 Å². The predicted molar refractivity (Wildman–Crippen MR) is 113 cm³/mol. The number of nitrogens with one attached hydrogen (secondary N) is 1. The number of hydrogen-bond acceptors (Lipinski definition) is 6. The molecule has 0 unspecified atom stereocenters. The third kappa shape index (κ3) is 5.92. The Balaban J connectivity index is 1.47. The maximum Gasteiger partial charge on any atom is 0.410 e. The van der Waals surface area contributed by atoms with Crippen LogP contribution in [0.15, 0.2) is 36.7 Å². The lowest BCUT2D eigenvalue weighted by Gasteiger charge is -2.33. The number of piperidine rings is 1. The van der Waals surface area contributed by atoms with Gasteiger partial charge in [-0.15, -0.1) is 0 Å². The number of benzene rings is 1. The van der Waals surface area contributed by atoms with Gasteiger partial charge >= 0.3 is 12.1 Å². The molecule has 0 spiro atoms. The van der Waals surface area contributed by atoms with Crippen LogP contribution in [0.4, 0.5) is 10.6 Å². The maximum absolute atomic E-state index is 12.1. The van der Waals surface area contributed by atoms with Gasteiger partial charge in [-0.05, 0) is 51.7 Å². The van der Waals surface area contributed by atoms with Crippen molar-refractivity contribution in [1.29, 1.82) is 0 Å². The van der Waals surface area contributed by atoms with E-state index >= 15 is 0 Å². The van der Waals surface area contributed by atoms with Crippen LogP contribution in [0, 0.1) is 5.92 Å². The van der Waals surface area contributed by atoms with Gasteiger partial charge in [-0.2, -0.15) is 0 Å². The van der Waals surface area contributed by atoms with Gasteiger partial charge in [0.05, 0.1) is 23.7 Å². The number of amides is 1. The van der Waals surface area contributed by atoms with Crippen LogP contribution in [0.3, 0.4) is 0 Å². The number of carboxylic acid groups (broad SMARTS) is 1. The predicted octanol–water partition coefficient (Wildman–Crippen LogP) is 3.90. The number of rotatable bonds is 5. The molecule has 1 aromatic carbocycles. The lowest BCUT2D eigenvalue weighted by Crippen LogP contribution is -2.42.